The summed E-state index contributed by atoms with van der Waals surface area (Å²) in [5.41, 5.74) is 4.65. The second kappa shape index (κ2) is 11.1. The van der Waals surface area contributed by atoms with E-state index in [1.54, 1.807) is 12.5 Å². The van der Waals surface area contributed by atoms with E-state index in [0.717, 1.165) is 36.0 Å². The van der Waals surface area contributed by atoms with Crippen molar-refractivity contribution in [1.82, 2.24) is 34.9 Å². The molecule has 0 amide bonds. The Morgan fingerprint density at radius 1 is 1.27 bits per heavy atom. The van der Waals surface area contributed by atoms with Crippen LogP contribution in [0.15, 0.2) is 42.0 Å². The van der Waals surface area contributed by atoms with Crippen molar-refractivity contribution in [2.45, 2.75) is 46.7 Å². The summed E-state index contributed by atoms with van der Waals surface area (Å²) in [4.78, 5) is 13.3. The van der Waals surface area contributed by atoms with Gasteiger partial charge >= 0.3 is 0 Å². The highest BCUT2D eigenvalue weighted by Crippen LogP contribution is 2.14. The fourth-order valence-electron chi connectivity index (χ4n) is 3.25. The molecule has 1 atom stereocenters. The predicted octanol–water partition coefficient (Wildman–Crippen LogP) is 2.92. The molecule has 1 unspecified atom stereocenters. The number of hydrogen-bond acceptors (Lipinski definition) is 4. The summed E-state index contributed by atoms with van der Waals surface area (Å²) in [5.74, 6) is 1.65. The summed E-state index contributed by atoms with van der Waals surface area (Å²) in [6.07, 6.45) is 8.11. The van der Waals surface area contributed by atoms with E-state index in [-0.39, 0.29) is 30.0 Å². The first kappa shape index (κ1) is 23.8. The zero-order valence-electron chi connectivity index (χ0n) is 18.3. The summed E-state index contributed by atoms with van der Waals surface area (Å²) < 4.78 is 3.82. The van der Waals surface area contributed by atoms with Crippen LogP contribution in [0, 0.1) is 13.8 Å². The topological polar surface area (TPSA) is 84.9 Å². The molecule has 9 heteroatoms. The third kappa shape index (κ3) is 6.04. The van der Waals surface area contributed by atoms with Gasteiger partial charge in [-0.15, -0.1) is 24.0 Å². The van der Waals surface area contributed by atoms with Gasteiger partial charge in [0.1, 0.15) is 12.1 Å². The van der Waals surface area contributed by atoms with E-state index in [2.05, 4.69) is 53.4 Å². The summed E-state index contributed by atoms with van der Waals surface area (Å²) in [6, 6.07) is 4.25. The molecule has 3 rings (SSSR count). The van der Waals surface area contributed by atoms with Crippen LogP contribution in [0.1, 0.15) is 36.4 Å². The maximum absolute atomic E-state index is 4.72. The highest BCUT2D eigenvalue weighted by atomic mass is 127. The Hall–Kier alpha value is -2.43. The van der Waals surface area contributed by atoms with Crippen molar-refractivity contribution in [2.24, 2.45) is 12.0 Å². The average Bonchev–Trinajstić information content (AvgIpc) is 3.32. The van der Waals surface area contributed by atoms with Gasteiger partial charge in [0.05, 0.1) is 12.2 Å². The molecule has 0 aliphatic rings. The van der Waals surface area contributed by atoms with Gasteiger partial charge in [0, 0.05) is 43.9 Å². The van der Waals surface area contributed by atoms with Gasteiger partial charge in [-0.3, -0.25) is 9.25 Å². The molecule has 0 aliphatic carbocycles. The van der Waals surface area contributed by atoms with Crippen molar-refractivity contribution in [3.63, 3.8) is 0 Å². The van der Waals surface area contributed by atoms with Crippen molar-refractivity contribution in [2.75, 3.05) is 6.54 Å². The second-order valence-electron chi connectivity index (χ2n) is 7.21. The standard InChI is InChI=1S/C21H30N8.HI/c1-6-23-21(26-15(2)11-19-16(3)27-28(5)17(19)4)25-13-18-7-8-20(24-12-18)29-10-9-22-14-29;/h7-10,12,14-15H,6,11,13H2,1-5H3,(H2,23,25,26);1H. The summed E-state index contributed by atoms with van der Waals surface area (Å²) in [5, 5.41) is 11.3. The molecule has 0 fully saturated rings. The molecular formula is C21H31IN8. The molecule has 0 aromatic carbocycles. The number of hydrogen-bond donors (Lipinski definition) is 2. The van der Waals surface area contributed by atoms with Gasteiger partial charge in [-0.1, -0.05) is 6.07 Å². The van der Waals surface area contributed by atoms with Crippen LogP contribution in [0.25, 0.3) is 5.82 Å². The number of rotatable bonds is 7. The van der Waals surface area contributed by atoms with E-state index in [1.807, 2.05) is 40.8 Å². The Morgan fingerprint density at radius 2 is 2.07 bits per heavy atom. The first-order valence-corrected chi connectivity index (χ1v) is 9.95. The monoisotopic (exact) mass is 522 g/mol. The van der Waals surface area contributed by atoms with E-state index in [4.69, 9.17) is 4.99 Å². The lowest BCUT2D eigenvalue weighted by molar-refractivity contribution is 0.635. The van der Waals surface area contributed by atoms with Gasteiger partial charge in [0.15, 0.2) is 5.96 Å². The molecule has 0 radical (unpaired) electrons. The second-order valence-corrected chi connectivity index (χ2v) is 7.21. The van der Waals surface area contributed by atoms with Crippen molar-refractivity contribution in [3.8, 4) is 5.82 Å². The minimum atomic E-state index is 0. The fraction of sp³-hybridized carbons (Fsp3) is 0.429. The van der Waals surface area contributed by atoms with Gasteiger partial charge in [-0.05, 0) is 51.3 Å². The highest BCUT2D eigenvalue weighted by Gasteiger charge is 2.14. The Morgan fingerprint density at radius 3 is 2.63 bits per heavy atom. The summed E-state index contributed by atoms with van der Waals surface area (Å²) in [6.45, 7) is 9.78. The van der Waals surface area contributed by atoms with E-state index >= 15 is 0 Å². The highest BCUT2D eigenvalue weighted by molar-refractivity contribution is 14.0. The molecule has 0 saturated heterocycles. The Bertz CT molecular complexity index is 944. The largest absolute Gasteiger partial charge is 0.357 e. The fourth-order valence-corrected chi connectivity index (χ4v) is 3.25. The van der Waals surface area contributed by atoms with Gasteiger partial charge in [0.25, 0.3) is 0 Å². The van der Waals surface area contributed by atoms with Gasteiger partial charge in [-0.2, -0.15) is 5.10 Å². The number of aryl methyl sites for hydroxylation is 2. The Kier molecular flexibility index (Phi) is 8.82. The summed E-state index contributed by atoms with van der Waals surface area (Å²) in [7, 11) is 1.99. The maximum atomic E-state index is 4.72. The zero-order valence-corrected chi connectivity index (χ0v) is 20.6. The Balaban J connectivity index is 0.00000320. The molecule has 3 heterocycles. The number of nitrogens with one attached hydrogen (secondary N) is 2. The van der Waals surface area contributed by atoms with Gasteiger partial charge in [0.2, 0.25) is 0 Å². The van der Waals surface area contributed by atoms with Crippen LogP contribution in [0.5, 0.6) is 0 Å². The first-order valence-electron chi connectivity index (χ1n) is 9.95. The number of imidazole rings is 1. The molecule has 0 aliphatic heterocycles. The molecule has 8 nitrogen and oxygen atoms in total. The van der Waals surface area contributed by atoms with E-state index < -0.39 is 0 Å². The third-order valence-corrected chi connectivity index (χ3v) is 4.89. The van der Waals surface area contributed by atoms with Crippen LogP contribution >= 0.6 is 24.0 Å². The van der Waals surface area contributed by atoms with Crippen molar-refractivity contribution in [3.05, 3.63) is 59.6 Å². The molecule has 162 valence electrons. The van der Waals surface area contributed by atoms with E-state index in [9.17, 15) is 0 Å². The van der Waals surface area contributed by atoms with Crippen molar-refractivity contribution < 1.29 is 0 Å². The van der Waals surface area contributed by atoms with Crippen LogP contribution in [-0.2, 0) is 20.0 Å². The lowest BCUT2D eigenvalue weighted by atomic mass is 10.1. The number of aromatic nitrogens is 5. The van der Waals surface area contributed by atoms with Crippen LogP contribution in [0.4, 0.5) is 0 Å². The molecule has 0 spiro atoms. The number of aliphatic imine (C=N–C) groups is 1. The quantitative estimate of drug-likeness (QED) is 0.283. The molecule has 0 bridgehead atoms. The molecule has 3 aromatic heterocycles. The molecule has 3 aromatic rings. The predicted molar refractivity (Wildman–Crippen MR) is 131 cm³/mol. The van der Waals surface area contributed by atoms with E-state index in [1.165, 1.54) is 11.3 Å². The minimum absolute atomic E-state index is 0. The normalized spacial score (nSPS) is 12.4. The van der Waals surface area contributed by atoms with Gasteiger partial charge < -0.3 is 10.6 Å². The molecule has 2 N–H and O–H groups in total. The van der Waals surface area contributed by atoms with Crippen LogP contribution < -0.4 is 10.6 Å². The number of pyridine rings is 1. The number of guanidine groups is 1. The molecular weight excluding hydrogens is 491 g/mol. The van der Waals surface area contributed by atoms with Crippen LogP contribution in [0.3, 0.4) is 0 Å². The number of halogens is 1. The first-order chi connectivity index (χ1) is 14.0. The van der Waals surface area contributed by atoms with Crippen LogP contribution in [-0.4, -0.2) is 42.9 Å². The maximum Gasteiger partial charge on any atom is 0.191 e. The zero-order chi connectivity index (χ0) is 20.8. The van der Waals surface area contributed by atoms with E-state index in [0.29, 0.717) is 6.54 Å². The Labute approximate surface area is 195 Å². The third-order valence-electron chi connectivity index (χ3n) is 4.89. The van der Waals surface area contributed by atoms with Crippen LogP contribution in [0.2, 0.25) is 0 Å². The van der Waals surface area contributed by atoms with Gasteiger partial charge in [-0.25, -0.2) is 15.0 Å². The molecule has 0 saturated carbocycles. The SMILES string of the molecule is CCNC(=NCc1ccc(-n2ccnc2)nc1)NC(C)Cc1c(C)nn(C)c1C.I. The summed E-state index contributed by atoms with van der Waals surface area (Å²) >= 11 is 0. The molecule has 30 heavy (non-hydrogen) atoms. The van der Waals surface area contributed by atoms with Crippen molar-refractivity contribution in [1.29, 1.82) is 0 Å². The number of nitrogens with zero attached hydrogens (tertiary/aromatic N) is 6. The lowest BCUT2D eigenvalue weighted by Crippen LogP contribution is -2.43. The smallest absolute Gasteiger partial charge is 0.191 e. The lowest BCUT2D eigenvalue weighted by Gasteiger charge is -2.18. The average molecular weight is 522 g/mol. The minimum Gasteiger partial charge on any atom is -0.357 e. The van der Waals surface area contributed by atoms with Crippen molar-refractivity contribution >= 4 is 29.9 Å².